The third-order valence-electron chi connectivity index (χ3n) is 5.33. The van der Waals surface area contributed by atoms with Gasteiger partial charge in [-0.05, 0) is 74.3 Å². The number of halogens is 1. The van der Waals surface area contributed by atoms with Gasteiger partial charge < -0.3 is 15.4 Å². The van der Waals surface area contributed by atoms with Crippen LogP contribution in [0.4, 0.5) is 0 Å². The molecule has 0 spiro atoms. The highest BCUT2D eigenvalue weighted by Crippen LogP contribution is 2.26. The van der Waals surface area contributed by atoms with Crippen molar-refractivity contribution in [3.05, 3.63) is 66.4 Å². The Morgan fingerprint density at radius 3 is 2.63 bits per heavy atom. The maximum absolute atomic E-state index is 12.7. The minimum atomic E-state index is -0.139. The van der Waals surface area contributed by atoms with Gasteiger partial charge in [0.2, 0.25) is 0 Å². The van der Waals surface area contributed by atoms with Crippen LogP contribution in [0, 0.1) is 5.92 Å². The Labute approximate surface area is 183 Å². The van der Waals surface area contributed by atoms with Crippen LogP contribution in [0.1, 0.15) is 23.3 Å². The van der Waals surface area contributed by atoms with Gasteiger partial charge in [-0.15, -0.1) is 12.4 Å². The minimum Gasteiger partial charge on any atom is -0.497 e. The quantitative estimate of drug-likeness (QED) is 0.604. The lowest BCUT2D eigenvalue weighted by Crippen LogP contribution is -2.26. The molecule has 2 heterocycles. The molecule has 1 aromatic heterocycles. The zero-order valence-electron chi connectivity index (χ0n) is 17.0. The van der Waals surface area contributed by atoms with Crippen LogP contribution < -0.4 is 15.4 Å². The zero-order chi connectivity index (χ0) is 20.1. The molecule has 1 fully saturated rings. The number of nitrogens with zero attached hydrogens (tertiary/aromatic N) is 2. The normalized spacial score (nSPS) is 15.4. The predicted octanol–water partition coefficient (Wildman–Crippen LogP) is 3.70. The first-order valence-corrected chi connectivity index (χ1v) is 10.0. The van der Waals surface area contributed by atoms with E-state index >= 15 is 0 Å². The van der Waals surface area contributed by atoms with Crippen molar-refractivity contribution in [2.45, 2.75) is 12.8 Å². The minimum absolute atomic E-state index is 0. The summed E-state index contributed by atoms with van der Waals surface area (Å²) < 4.78 is 7.08. The second-order valence-corrected chi connectivity index (χ2v) is 7.29. The van der Waals surface area contributed by atoms with Crippen molar-refractivity contribution in [2.75, 3.05) is 26.7 Å². The number of aromatic nitrogens is 2. The van der Waals surface area contributed by atoms with E-state index in [1.165, 1.54) is 6.42 Å². The van der Waals surface area contributed by atoms with E-state index in [0.717, 1.165) is 42.2 Å². The molecule has 0 bridgehead atoms. The van der Waals surface area contributed by atoms with Crippen molar-refractivity contribution in [1.29, 1.82) is 0 Å². The number of ether oxygens (including phenoxy) is 1. The molecule has 2 N–H and O–H groups in total. The second kappa shape index (κ2) is 10.3. The van der Waals surface area contributed by atoms with E-state index < -0.39 is 0 Å². The maximum atomic E-state index is 12.7. The van der Waals surface area contributed by atoms with Crippen molar-refractivity contribution in [1.82, 2.24) is 20.4 Å². The topological polar surface area (TPSA) is 68.2 Å². The monoisotopic (exact) mass is 426 g/mol. The molecule has 0 saturated carbocycles. The lowest BCUT2D eigenvalue weighted by atomic mass is 10.1. The van der Waals surface area contributed by atoms with E-state index in [0.29, 0.717) is 18.2 Å². The SMILES string of the molecule is COc1ccc(-c2cc(C(=O)NCCC3CCNC3)nn2-c2ccccc2)cc1.Cl. The fraction of sp³-hybridized carbons (Fsp3) is 0.304. The van der Waals surface area contributed by atoms with E-state index in [1.54, 1.807) is 7.11 Å². The molecule has 1 aliphatic heterocycles. The Kier molecular flexibility index (Phi) is 7.49. The molecule has 6 nitrogen and oxygen atoms in total. The maximum Gasteiger partial charge on any atom is 0.271 e. The molecule has 2 aromatic carbocycles. The summed E-state index contributed by atoms with van der Waals surface area (Å²) in [6.45, 7) is 2.78. The summed E-state index contributed by atoms with van der Waals surface area (Å²) in [5.41, 5.74) is 3.17. The number of methoxy groups -OCH3 is 1. The first-order valence-electron chi connectivity index (χ1n) is 10.0. The van der Waals surface area contributed by atoms with Crippen LogP contribution in [0.3, 0.4) is 0 Å². The van der Waals surface area contributed by atoms with Gasteiger partial charge in [-0.2, -0.15) is 5.10 Å². The van der Waals surface area contributed by atoms with Crippen molar-refractivity contribution >= 4 is 18.3 Å². The molecule has 1 aliphatic rings. The summed E-state index contributed by atoms with van der Waals surface area (Å²) in [7, 11) is 1.65. The van der Waals surface area contributed by atoms with Crippen molar-refractivity contribution in [3.63, 3.8) is 0 Å². The highest BCUT2D eigenvalue weighted by molar-refractivity contribution is 5.93. The van der Waals surface area contributed by atoms with Crippen molar-refractivity contribution in [3.8, 4) is 22.7 Å². The molecule has 3 aromatic rings. The van der Waals surface area contributed by atoms with Gasteiger partial charge in [0, 0.05) is 12.1 Å². The Hall–Kier alpha value is -2.83. The molecular weight excluding hydrogens is 400 g/mol. The number of rotatable bonds is 7. The van der Waals surface area contributed by atoms with Crippen LogP contribution in [-0.4, -0.2) is 42.4 Å². The molecule has 4 rings (SSSR count). The molecule has 1 saturated heterocycles. The number of nitrogens with one attached hydrogen (secondary N) is 2. The fourth-order valence-corrected chi connectivity index (χ4v) is 3.67. The summed E-state index contributed by atoms with van der Waals surface area (Å²) in [6, 6.07) is 19.5. The number of hydrogen-bond acceptors (Lipinski definition) is 4. The van der Waals surface area contributed by atoms with Crippen molar-refractivity contribution in [2.24, 2.45) is 5.92 Å². The van der Waals surface area contributed by atoms with Crippen molar-refractivity contribution < 1.29 is 9.53 Å². The molecule has 0 aliphatic carbocycles. The summed E-state index contributed by atoms with van der Waals surface area (Å²) in [5.74, 6) is 1.30. The lowest BCUT2D eigenvalue weighted by molar-refractivity contribution is 0.0946. The molecule has 7 heteroatoms. The highest BCUT2D eigenvalue weighted by Gasteiger charge is 2.18. The molecule has 158 valence electrons. The highest BCUT2D eigenvalue weighted by atomic mass is 35.5. The number of benzene rings is 2. The zero-order valence-corrected chi connectivity index (χ0v) is 17.8. The molecule has 0 radical (unpaired) electrons. The molecule has 1 unspecified atom stereocenters. The summed E-state index contributed by atoms with van der Waals surface area (Å²) in [4.78, 5) is 12.7. The number of hydrogen-bond donors (Lipinski definition) is 2. The Balaban J connectivity index is 0.00000256. The van der Waals surface area contributed by atoms with E-state index in [4.69, 9.17) is 4.74 Å². The van der Waals surface area contributed by atoms with Crippen LogP contribution in [0.2, 0.25) is 0 Å². The second-order valence-electron chi connectivity index (χ2n) is 7.29. The fourth-order valence-electron chi connectivity index (χ4n) is 3.67. The standard InChI is InChI=1S/C23H26N4O2.ClH/c1-29-20-9-7-18(8-10-20)22-15-21(26-27(22)19-5-3-2-4-6-19)23(28)25-14-12-17-11-13-24-16-17;/h2-10,15,17,24H,11-14,16H2,1H3,(H,25,28);1H. The van der Waals surface area contributed by atoms with E-state index in [2.05, 4.69) is 15.7 Å². The van der Waals surface area contributed by atoms with Gasteiger partial charge in [-0.1, -0.05) is 18.2 Å². The van der Waals surface area contributed by atoms with Gasteiger partial charge in [0.05, 0.1) is 18.5 Å². The molecule has 1 amide bonds. The Bertz CT molecular complexity index is 951. The number of amides is 1. The predicted molar refractivity (Wildman–Crippen MR) is 121 cm³/mol. The molecule has 30 heavy (non-hydrogen) atoms. The van der Waals surface area contributed by atoms with E-state index in [9.17, 15) is 4.79 Å². The van der Waals surface area contributed by atoms with Gasteiger partial charge in [-0.3, -0.25) is 4.79 Å². The van der Waals surface area contributed by atoms with Crippen LogP contribution in [0.5, 0.6) is 5.75 Å². The van der Waals surface area contributed by atoms with Crippen LogP contribution in [0.15, 0.2) is 60.7 Å². The largest absolute Gasteiger partial charge is 0.497 e. The summed E-state index contributed by atoms with van der Waals surface area (Å²) in [5, 5.41) is 11.0. The number of para-hydroxylation sites is 1. The van der Waals surface area contributed by atoms with Gasteiger partial charge >= 0.3 is 0 Å². The van der Waals surface area contributed by atoms with Crippen LogP contribution in [-0.2, 0) is 0 Å². The van der Waals surface area contributed by atoms with Gasteiger partial charge in [0.15, 0.2) is 5.69 Å². The summed E-state index contributed by atoms with van der Waals surface area (Å²) >= 11 is 0. The third-order valence-corrected chi connectivity index (χ3v) is 5.33. The number of carbonyl (C=O) groups is 1. The van der Waals surface area contributed by atoms with Crippen LogP contribution >= 0.6 is 12.4 Å². The smallest absolute Gasteiger partial charge is 0.271 e. The van der Waals surface area contributed by atoms with Gasteiger partial charge in [-0.25, -0.2) is 4.68 Å². The molecule has 1 atom stereocenters. The van der Waals surface area contributed by atoms with E-state index in [-0.39, 0.29) is 18.3 Å². The summed E-state index contributed by atoms with van der Waals surface area (Å²) in [6.07, 6.45) is 2.17. The first kappa shape index (κ1) is 21.9. The first-order chi connectivity index (χ1) is 14.2. The average Bonchev–Trinajstić information content (AvgIpc) is 3.45. The number of carbonyl (C=O) groups excluding carboxylic acids is 1. The average molecular weight is 427 g/mol. The third kappa shape index (κ3) is 5.01. The molecular formula is C23H27ClN4O2. The Morgan fingerprint density at radius 2 is 1.97 bits per heavy atom. The Morgan fingerprint density at radius 1 is 1.20 bits per heavy atom. The van der Waals surface area contributed by atoms with Gasteiger partial charge in [0.25, 0.3) is 5.91 Å². The lowest BCUT2D eigenvalue weighted by Gasteiger charge is -2.08. The van der Waals surface area contributed by atoms with Crippen LogP contribution in [0.25, 0.3) is 16.9 Å². The van der Waals surface area contributed by atoms with E-state index in [1.807, 2.05) is 65.3 Å². The van der Waals surface area contributed by atoms with Gasteiger partial charge in [0.1, 0.15) is 5.75 Å².